The summed E-state index contributed by atoms with van der Waals surface area (Å²) in [7, 11) is 0. The number of nitrogens with two attached hydrogens (primary N) is 1. The second kappa shape index (κ2) is 7.09. The first-order valence-corrected chi connectivity index (χ1v) is 7.30. The fraction of sp³-hybridized carbons (Fsp3) is 0.278. The molecule has 2 aromatic rings. The molecule has 116 valence electrons. The van der Waals surface area contributed by atoms with E-state index in [9.17, 15) is 4.79 Å². The minimum atomic E-state index is -0.982. The van der Waals surface area contributed by atoms with Crippen LogP contribution in [0.3, 0.4) is 0 Å². The zero-order valence-electron chi connectivity index (χ0n) is 12.8. The third-order valence-corrected chi connectivity index (χ3v) is 3.29. The van der Waals surface area contributed by atoms with Crippen molar-refractivity contribution in [2.75, 3.05) is 0 Å². The van der Waals surface area contributed by atoms with Gasteiger partial charge in [0.15, 0.2) is 0 Å². The average Bonchev–Trinajstić information content (AvgIpc) is 2.48. The minimum Gasteiger partial charge on any atom is -0.491 e. The number of carboxylic acids is 1. The standard InChI is InChI=1S/C18H21NO3/c1-12(2)22-16-9-7-15(8-10-16)14-5-3-13(4-6-14)11-17(19)18(20)21/h3-10,12,17H,11,19H2,1-2H3,(H,20,21)/t17-/m0/s1. The van der Waals surface area contributed by atoms with Crippen molar-refractivity contribution < 1.29 is 14.6 Å². The van der Waals surface area contributed by atoms with Crippen molar-refractivity contribution in [3.8, 4) is 16.9 Å². The normalized spacial score (nSPS) is 12.2. The highest BCUT2D eigenvalue weighted by molar-refractivity contribution is 5.73. The highest BCUT2D eigenvalue weighted by Gasteiger charge is 2.11. The van der Waals surface area contributed by atoms with Crippen molar-refractivity contribution in [1.82, 2.24) is 0 Å². The Labute approximate surface area is 130 Å². The Balaban J connectivity index is 2.08. The second-order valence-electron chi connectivity index (χ2n) is 5.54. The second-order valence-corrected chi connectivity index (χ2v) is 5.54. The molecule has 1 atom stereocenters. The maximum absolute atomic E-state index is 10.8. The maximum atomic E-state index is 10.8. The molecule has 3 N–H and O–H groups in total. The lowest BCUT2D eigenvalue weighted by Crippen LogP contribution is -2.32. The lowest BCUT2D eigenvalue weighted by molar-refractivity contribution is -0.138. The summed E-state index contributed by atoms with van der Waals surface area (Å²) < 4.78 is 5.62. The van der Waals surface area contributed by atoms with Crippen LogP contribution in [0.4, 0.5) is 0 Å². The number of ether oxygens (including phenoxy) is 1. The summed E-state index contributed by atoms with van der Waals surface area (Å²) in [4.78, 5) is 10.8. The molecule has 4 heteroatoms. The van der Waals surface area contributed by atoms with Crippen molar-refractivity contribution in [1.29, 1.82) is 0 Å². The molecule has 0 fully saturated rings. The molecule has 2 rings (SSSR count). The molecule has 0 heterocycles. The van der Waals surface area contributed by atoms with E-state index in [1.165, 1.54) is 0 Å². The Morgan fingerprint density at radius 3 is 2.00 bits per heavy atom. The smallest absolute Gasteiger partial charge is 0.320 e. The first-order valence-electron chi connectivity index (χ1n) is 7.30. The molecular weight excluding hydrogens is 278 g/mol. The van der Waals surface area contributed by atoms with Crippen LogP contribution in [0.5, 0.6) is 5.75 Å². The van der Waals surface area contributed by atoms with Crippen LogP contribution in [0, 0.1) is 0 Å². The van der Waals surface area contributed by atoms with E-state index in [1.54, 1.807) is 0 Å². The maximum Gasteiger partial charge on any atom is 0.320 e. The molecule has 0 unspecified atom stereocenters. The summed E-state index contributed by atoms with van der Waals surface area (Å²) in [5, 5.41) is 8.83. The molecule has 0 aliphatic heterocycles. The van der Waals surface area contributed by atoms with Gasteiger partial charge < -0.3 is 15.6 Å². The van der Waals surface area contributed by atoms with Gasteiger partial charge in [-0.1, -0.05) is 36.4 Å². The molecule has 0 amide bonds. The number of benzene rings is 2. The number of aliphatic carboxylic acids is 1. The Hall–Kier alpha value is -2.33. The lowest BCUT2D eigenvalue weighted by atomic mass is 10.0. The molecular formula is C18H21NO3. The number of hydrogen-bond donors (Lipinski definition) is 2. The van der Waals surface area contributed by atoms with Gasteiger partial charge in [-0.2, -0.15) is 0 Å². The van der Waals surface area contributed by atoms with Gasteiger partial charge in [-0.05, 0) is 49.1 Å². The van der Waals surface area contributed by atoms with Gasteiger partial charge in [-0.25, -0.2) is 0 Å². The summed E-state index contributed by atoms with van der Waals surface area (Å²) in [6, 6.07) is 14.8. The quantitative estimate of drug-likeness (QED) is 0.859. The summed E-state index contributed by atoms with van der Waals surface area (Å²) >= 11 is 0. The van der Waals surface area contributed by atoms with Crippen LogP contribution in [0.15, 0.2) is 48.5 Å². The molecule has 4 nitrogen and oxygen atoms in total. The van der Waals surface area contributed by atoms with Crippen LogP contribution in [0.1, 0.15) is 19.4 Å². The van der Waals surface area contributed by atoms with E-state index in [1.807, 2.05) is 62.4 Å². The largest absolute Gasteiger partial charge is 0.491 e. The molecule has 0 radical (unpaired) electrons. The monoisotopic (exact) mass is 299 g/mol. The van der Waals surface area contributed by atoms with E-state index < -0.39 is 12.0 Å². The Morgan fingerprint density at radius 2 is 1.55 bits per heavy atom. The molecule has 22 heavy (non-hydrogen) atoms. The zero-order valence-corrected chi connectivity index (χ0v) is 12.8. The van der Waals surface area contributed by atoms with Crippen molar-refractivity contribution >= 4 is 5.97 Å². The fourth-order valence-corrected chi connectivity index (χ4v) is 2.17. The highest BCUT2D eigenvalue weighted by Crippen LogP contribution is 2.23. The fourth-order valence-electron chi connectivity index (χ4n) is 2.17. The number of carbonyl (C=O) groups is 1. The Morgan fingerprint density at radius 1 is 1.05 bits per heavy atom. The van der Waals surface area contributed by atoms with Crippen LogP contribution in [-0.4, -0.2) is 23.2 Å². The van der Waals surface area contributed by atoms with E-state index >= 15 is 0 Å². The van der Waals surface area contributed by atoms with Gasteiger partial charge >= 0.3 is 5.97 Å². The molecule has 0 saturated heterocycles. The van der Waals surface area contributed by atoms with Crippen molar-refractivity contribution in [3.05, 3.63) is 54.1 Å². The first kappa shape index (κ1) is 16.0. The third kappa shape index (κ3) is 4.33. The van der Waals surface area contributed by atoms with Crippen LogP contribution in [-0.2, 0) is 11.2 Å². The average molecular weight is 299 g/mol. The number of rotatable bonds is 6. The van der Waals surface area contributed by atoms with Crippen LogP contribution in [0.25, 0.3) is 11.1 Å². The van der Waals surface area contributed by atoms with E-state index in [0.29, 0.717) is 6.42 Å². The number of hydrogen-bond acceptors (Lipinski definition) is 3. The zero-order chi connectivity index (χ0) is 16.1. The third-order valence-electron chi connectivity index (χ3n) is 3.29. The van der Waals surface area contributed by atoms with Gasteiger partial charge in [0.1, 0.15) is 11.8 Å². The van der Waals surface area contributed by atoms with Crippen LogP contribution < -0.4 is 10.5 Å². The van der Waals surface area contributed by atoms with Crippen molar-refractivity contribution in [3.63, 3.8) is 0 Å². The Kier molecular flexibility index (Phi) is 5.17. The van der Waals surface area contributed by atoms with E-state index in [4.69, 9.17) is 15.6 Å². The molecule has 2 aromatic carbocycles. The van der Waals surface area contributed by atoms with Gasteiger partial charge in [-0.3, -0.25) is 4.79 Å². The molecule has 0 spiro atoms. The Bertz CT molecular complexity index is 618. The lowest BCUT2D eigenvalue weighted by Gasteiger charge is -2.11. The molecule has 0 aromatic heterocycles. The molecule has 0 bridgehead atoms. The van der Waals surface area contributed by atoms with Gasteiger partial charge in [0.25, 0.3) is 0 Å². The first-order chi connectivity index (χ1) is 10.5. The topological polar surface area (TPSA) is 72.5 Å². The van der Waals surface area contributed by atoms with Gasteiger partial charge in [-0.15, -0.1) is 0 Å². The van der Waals surface area contributed by atoms with Crippen molar-refractivity contribution in [2.45, 2.75) is 32.4 Å². The van der Waals surface area contributed by atoms with Crippen LogP contribution in [0.2, 0.25) is 0 Å². The van der Waals surface area contributed by atoms with Gasteiger partial charge in [0, 0.05) is 0 Å². The van der Waals surface area contributed by atoms with Crippen LogP contribution >= 0.6 is 0 Å². The predicted molar refractivity (Wildman–Crippen MR) is 87.0 cm³/mol. The molecule has 0 aliphatic carbocycles. The minimum absolute atomic E-state index is 0.156. The highest BCUT2D eigenvalue weighted by atomic mass is 16.5. The molecule has 0 aliphatic rings. The van der Waals surface area contributed by atoms with Gasteiger partial charge in [0.05, 0.1) is 6.10 Å². The van der Waals surface area contributed by atoms with E-state index in [2.05, 4.69) is 0 Å². The van der Waals surface area contributed by atoms with Crippen molar-refractivity contribution in [2.24, 2.45) is 5.73 Å². The summed E-state index contributed by atoms with van der Waals surface area (Å²) in [6.45, 7) is 3.99. The summed E-state index contributed by atoms with van der Waals surface area (Å²) in [5.41, 5.74) is 8.62. The predicted octanol–water partition coefficient (Wildman–Crippen LogP) is 3.10. The van der Waals surface area contributed by atoms with Gasteiger partial charge in [0.2, 0.25) is 0 Å². The van der Waals surface area contributed by atoms with E-state index in [-0.39, 0.29) is 6.10 Å². The van der Waals surface area contributed by atoms with E-state index in [0.717, 1.165) is 22.4 Å². The SMILES string of the molecule is CC(C)Oc1ccc(-c2ccc(C[C@H](N)C(=O)O)cc2)cc1. The summed E-state index contributed by atoms with van der Waals surface area (Å²) in [5.74, 6) is -0.132. The summed E-state index contributed by atoms with van der Waals surface area (Å²) in [6.07, 6.45) is 0.486. The number of carboxylic acid groups (broad SMARTS) is 1. The molecule has 0 saturated carbocycles.